The highest BCUT2D eigenvalue weighted by Crippen LogP contribution is 2.18. The summed E-state index contributed by atoms with van der Waals surface area (Å²) in [4.78, 5) is 14.1. The van der Waals surface area contributed by atoms with Gasteiger partial charge in [0.05, 0.1) is 17.9 Å². The fourth-order valence-electron chi connectivity index (χ4n) is 2.82. The van der Waals surface area contributed by atoms with Gasteiger partial charge in [-0.2, -0.15) is 5.10 Å². The molecule has 6 nitrogen and oxygen atoms in total. The maximum Gasteiger partial charge on any atom is 0.224 e. The molecule has 2 atom stereocenters. The van der Waals surface area contributed by atoms with Crippen molar-refractivity contribution in [1.82, 2.24) is 20.0 Å². The first-order valence-electron chi connectivity index (χ1n) is 7.70. The Balaban J connectivity index is 1.75. The highest BCUT2D eigenvalue weighted by molar-refractivity contribution is 6.30. The molecule has 0 aliphatic carbocycles. The summed E-state index contributed by atoms with van der Waals surface area (Å²) in [6.07, 6.45) is 0.700. The molecule has 1 aromatic rings. The zero-order valence-corrected chi connectivity index (χ0v) is 14.5. The predicted molar refractivity (Wildman–Crippen MR) is 85.9 cm³/mol. The van der Waals surface area contributed by atoms with Crippen molar-refractivity contribution in [2.75, 3.05) is 19.6 Å². The average Bonchev–Trinajstić information content (AvgIpc) is 2.68. The van der Waals surface area contributed by atoms with Crippen LogP contribution >= 0.6 is 11.6 Å². The molecule has 1 fully saturated rings. The summed E-state index contributed by atoms with van der Waals surface area (Å²) >= 11 is 6.18. The number of aromatic nitrogens is 2. The van der Waals surface area contributed by atoms with Crippen LogP contribution in [-0.4, -0.2) is 52.4 Å². The number of morpholine rings is 1. The Morgan fingerprint density at radius 3 is 2.59 bits per heavy atom. The minimum absolute atomic E-state index is 0.109. The van der Waals surface area contributed by atoms with E-state index in [1.807, 2.05) is 32.7 Å². The second-order valence-corrected chi connectivity index (χ2v) is 6.32. The molecule has 0 saturated carbocycles. The summed E-state index contributed by atoms with van der Waals surface area (Å²) in [7, 11) is 1.82. The van der Waals surface area contributed by atoms with E-state index in [2.05, 4.69) is 10.4 Å². The number of hydrogen-bond donors (Lipinski definition) is 1. The normalized spacial score (nSPS) is 22.1. The molecule has 0 radical (unpaired) electrons. The largest absolute Gasteiger partial charge is 0.372 e. The molecule has 7 heteroatoms. The number of carbonyl (C=O) groups excluding carboxylic acids is 1. The summed E-state index contributed by atoms with van der Waals surface area (Å²) < 4.78 is 7.31. The lowest BCUT2D eigenvalue weighted by molar-refractivity contribution is -0.143. The van der Waals surface area contributed by atoms with Gasteiger partial charge in [-0.05, 0) is 20.8 Å². The van der Waals surface area contributed by atoms with Crippen LogP contribution in [0.15, 0.2) is 0 Å². The highest BCUT2D eigenvalue weighted by Gasteiger charge is 2.25. The summed E-state index contributed by atoms with van der Waals surface area (Å²) in [5.74, 6) is 0.170. The van der Waals surface area contributed by atoms with E-state index in [4.69, 9.17) is 16.3 Å². The lowest BCUT2D eigenvalue weighted by atomic mass is 10.2. The number of rotatable bonds is 5. The summed E-state index contributed by atoms with van der Waals surface area (Å²) in [6.45, 7) is 8.55. The number of amides is 1. The molecule has 1 saturated heterocycles. The Kier molecular flexibility index (Phi) is 5.83. The monoisotopic (exact) mass is 328 g/mol. The number of ether oxygens (including phenoxy) is 1. The number of nitrogens with one attached hydrogen (secondary N) is 1. The molecular formula is C15H25ClN4O2. The second kappa shape index (κ2) is 7.44. The van der Waals surface area contributed by atoms with Crippen molar-refractivity contribution in [2.24, 2.45) is 7.05 Å². The van der Waals surface area contributed by atoms with Crippen LogP contribution < -0.4 is 5.32 Å². The maximum atomic E-state index is 12.2. The first kappa shape index (κ1) is 17.2. The smallest absolute Gasteiger partial charge is 0.224 e. The van der Waals surface area contributed by atoms with Gasteiger partial charge >= 0.3 is 0 Å². The molecule has 1 aliphatic rings. The van der Waals surface area contributed by atoms with Gasteiger partial charge in [0.1, 0.15) is 5.15 Å². The Labute approximate surface area is 136 Å². The SMILES string of the molecule is Cc1nn(C)c(Cl)c1CNCCC(=O)N1CC(C)OC(C)C1. The number of carbonyl (C=O) groups is 1. The van der Waals surface area contributed by atoms with Gasteiger partial charge in [0.25, 0.3) is 0 Å². The minimum Gasteiger partial charge on any atom is -0.372 e. The third kappa shape index (κ3) is 4.21. The van der Waals surface area contributed by atoms with Crippen LogP contribution in [0.5, 0.6) is 0 Å². The highest BCUT2D eigenvalue weighted by atomic mass is 35.5. The molecule has 1 N–H and O–H groups in total. The van der Waals surface area contributed by atoms with Crippen molar-refractivity contribution in [3.63, 3.8) is 0 Å². The number of hydrogen-bond acceptors (Lipinski definition) is 4. The third-order valence-corrected chi connectivity index (χ3v) is 4.33. The zero-order chi connectivity index (χ0) is 16.3. The van der Waals surface area contributed by atoms with Crippen LogP contribution in [0.2, 0.25) is 5.15 Å². The van der Waals surface area contributed by atoms with Crippen molar-refractivity contribution in [1.29, 1.82) is 0 Å². The van der Waals surface area contributed by atoms with E-state index in [1.54, 1.807) is 4.68 Å². The molecule has 22 heavy (non-hydrogen) atoms. The molecule has 2 unspecified atom stereocenters. The minimum atomic E-state index is 0.109. The van der Waals surface area contributed by atoms with Gasteiger partial charge in [-0.25, -0.2) is 0 Å². The van der Waals surface area contributed by atoms with Crippen molar-refractivity contribution >= 4 is 17.5 Å². The lowest BCUT2D eigenvalue weighted by Crippen LogP contribution is -2.48. The van der Waals surface area contributed by atoms with E-state index in [1.165, 1.54) is 0 Å². The maximum absolute atomic E-state index is 12.2. The van der Waals surface area contributed by atoms with E-state index < -0.39 is 0 Å². The van der Waals surface area contributed by atoms with Gasteiger partial charge in [-0.1, -0.05) is 11.6 Å². The topological polar surface area (TPSA) is 59.4 Å². The molecule has 0 spiro atoms. The number of aryl methyl sites for hydroxylation is 2. The fourth-order valence-corrected chi connectivity index (χ4v) is 3.06. The van der Waals surface area contributed by atoms with Crippen molar-refractivity contribution < 1.29 is 9.53 Å². The van der Waals surface area contributed by atoms with Crippen molar-refractivity contribution in [3.05, 3.63) is 16.4 Å². The van der Waals surface area contributed by atoms with Crippen LogP contribution in [0.1, 0.15) is 31.5 Å². The summed E-state index contributed by atoms with van der Waals surface area (Å²) in [5.41, 5.74) is 1.91. The quantitative estimate of drug-likeness (QED) is 0.832. The van der Waals surface area contributed by atoms with Crippen molar-refractivity contribution in [2.45, 2.75) is 45.9 Å². The third-order valence-electron chi connectivity index (χ3n) is 3.86. The van der Waals surface area contributed by atoms with E-state index in [0.717, 1.165) is 11.3 Å². The lowest BCUT2D eigenvalue weighted by Gasteiger charge is -2.35. The Morgan fingerprint density at radius 2 is 2.05 bits per heavy atom. The molecule has 124 valence electrons. The molecule has 1 aromatic heterocycles. The van der Waals surface area contributed by atoms with Crippen LogP contribution in [0.4, 0.5) is 0 Å². The van der Waals surface area contributed by atoms with Gasteiger partial charge < -0.3 is 15.0 Å². The molecule has 0 bridgehead atoms. The zero-order valence-electron chi connectivity index (χ0n) is 13.7. The average molecular weight is 329 g/mol. The Bertz CT molecular complexity index is 522. The summed E-state index contributed by atoms with van der Waals surface area (Å²) in [5, 5.41) is 8.19. The first-order valence-corrected chi connectivity index (χ1v) is 8.08. The van der Waals surface area contributed by atoms with E-state index >= 15 is 0 Å². The van der Waals surface area contributed by atoms with Crippen molar-refractivity contribution in [3.8, 4) is 0 Å². The van der Waals surface area contributed by atoms with Crippen LogP contribution in [0.3, 0.4) is 0 Å². The van der Waals surface area contributed by atoms with Gasteiger partial charge in [0.15, 0.2) is 0 Å². The van der Waals surface area contributed by atoms with Crippen LogP contribution in [0, 0.1) is 6.92 Å². The van der Waals surface area contributed by atoms with Gasteiger partial charge in [0.2, 0.25) is 5.91 Å². The standard InChI is InChI=1S/C15H25ClN4O2/c1-10-8-20(9-11(2)22-10)14(21)5-6-17-7-13-12(3)18-19(4)15(13)16/h10-11,17H,5-9H2,1-4H3. The van der Waals surface area contributed by atoms with Crippen LogP contribution in [0.25, 0.3) is 0 Å². The fraction of sp³-hybridized carbons (Fsp3) is 0.733. The van der Waals surface area contributed by atoms with E-state index in [-0.39, 0.29) is 18.1 Å². The molecule has 2 rings (SSSR count). The van der Waals surface area contributed by atoms with Crippen LogP contribution in [-0.2, 0) is 23.1 Å². The molecular weight excluding hydrogens is 304 g/mol. The number of nitrogens with zero attached hydrogens (tertiary/aromatic N) is 3. The Morgan fingerprint density at radius 1 is 1.41 bits per heavy atom. The van der Waals surface area contributed by atoms with E-state index in [9.17, 15) is 4.79 Å². The van der Waals surface area contributed by atoms with Gasteiger partial charge in [-0.15, -0.1) is 0 Å². The summed E-state index contributed by atoms with van der Waals surface area (Å²) in [6, 6.07) is 0. The molecule has 1 amide bonds. The predicted octanol–water partition coefficient (Wildman–Crippen LogP) is 1.50. The molecule has 1 aliphatic heterocycles. The first-order chi connectivity index (χ1) is 10.4. The molecule has 2 heterocycles. The Hall–Kier alpha value is -1.11. The van der Waals surface area contributed by atoms with E-state index in [0.29, 0.717) is 37.8 Å². The van der Waals surface area contributed by atoms with Gasteiger partial charge in [0, 0.05) is 45.2 Å². The second-order valence-electron chi connectivity index (χ2n) is 5.96. The number of halogens is 1. The molecule has 0 aromatic carbocycles. The van der Waals surface area contributed by atoms with Gasteiger partial charge in [-0.3, -0.25) is 9.48 Å².